The van der Waals surface area contributed by atoms with Crippen LogP contribution in [0.1, 0.15) is 12.8 Å². The van der Waals surface area contributed by atoms with Crippen LogP contribution >= 0.6 is 0 Å². The Morgan fingerprint density at radius 3 is 2.46 bits per heavy atom. The van der Waals surface area contributed by atoms with E-state index in [-0.39, 0.29) is 24.4 Å². The molecule has 0 N–H and O–H groups in total. The Bertz CT molecular complexity index is 378. The molecular weight excluding hydrogens is 170 g/mol. The van der Waals surface area contributed by atoms with E-state index in [0.717, 1.165) is 0 Å². The van der Waals surface area contributed by atoms with Crippen molar-refractivity contribution in [3.63, 3.8) is 0 Å². The van der Waals surface area contributed by atoms with E-state index in [1.807, 2.05) is 0 Å². The minimum Gasteiger partial charge on any atom is -0.299 e. The lowest BCUT2D eigenvalue weighted by molar-refractivity contribution is -0.124. The fourth-order valence-electron chi connectivity index (χ4n) is 1.26. The monoisotopic (exact) mass is 177 g/mol. The third-order valence-corrected chi connectivity index (χ3v) is 1.83. The van der Waals surface area contributed by atoms with Gasteiger partial charge in [-0.05, 0) is 0 Å². The molecule has 0 bridgehead atoms. The molecule has 0 aromatic carbocycles. The van der Waals surface area contributed by atoms with Gasteiger partial charge in [-0.25, -0.2) is 0 Å². The molecule has 0 radical (unpaired) electrons. The third kappa shape index (κ3) is 1.53. The molecule has 13 heavy (non-hydrogen) atoms. The van der Waals surface area contributed by atoms with Crippen molar-refractivity contribution in [1.82, 2.24) is 14.8 Å². The van der Waals surface area contributed by atoms with Crippen molar-refractivity contribution in [3.8, 4) is 0 Å². The van der Waals surface area contributed by atoms with Crippen molar-refractivity contribution in [2.75, 3.05) is 0 Å². The number of carbonyl (C=O) groups is 2. The molecule has 5 nitrogen and oxygen atoms in total. The van der Waals surface area contributed by atoms with Crippen LogP contribution < -0.4 is 0 Å². The Morgan fingerprint density at radius 1 is 1.15 bits per heavy atom. The van der Waals surface area contributed by atoms with Crippen LogP contribution in [0.15, 0.2) is 18.7 Å². The molecule has 0 amide bonds. The van der Waals surface area contributed by atoms with Crippen molar-refractivity contribution >= 4 is 17.3 Å². The Hall–Kier alpha value is -1.78. The Kier molecular flexibility index (Phi) is 1.77. The normalized spacial score (nSPS) is 17.4. The highest BCUT2D eigenvalue weighted by molar-refractivity contribution is 6.12. The van der Waals surface area contributed by atoms with Gasteiger partial charge in [0, 0.05) is 18.2 Å². The summed E-state index contributed by atoms with van der Waals surface area (Å²) >= 11 is 0. The lowest BCUT2D eigenvalue weighted by atomic mass is 10.0. The summed E-state index contributed by atoms with van der Waals surface area (Å²) in [4.78, 5) is 22.1. The SMILES string of the molecule is O=C1C=C(n2cnnc2)CC(=O)C1. The molecule has 0 saturated carbocycles. The zero-order valence-electron chi connectivity index (χ0n) is 6.80. The van der Waals surface area contributed by atoms with E-state index in [2.05, 4.69) is 10.2 Å². The van der Waals surface area contributed by atoms with Crippen LogP contribution in [-0.4, -0.2) is 26.3 Å². The maximum atomic E-state index is 11.1. The smallest absolute Gasteiger partial charge is 0.164 e. The molecule has 1 aromatic heterocycles. The average Bonchev–Trinajstić information content (AvgIpc) is 2.53. The van der Waals surface area contributed by atoms with Gasteiger partial charge in [-0.2, -0.15) is 0 Å². The number of ketones is 2. The van der Waals surface area contributed by atoms with Gasteiger partial charge in [0.05, 0.1) is 6.42 Å². The number of hydrogen-bond donors (Lipinski definition) is 0. The molecule has 0 fully saturated rings. The molecule has 1 aromatic rings. The largest absolute Gasteiger partial charge is 0.299 e. The maximum absolute atomic E-state index is 11.1. The zero-order chi connectivity index (χ0) is 9.26. The molecule has 0 aliphatic heterocycles. The average molecular weight is 177 g/mol. The van der Waals surface area contributed by atoms with E-state index in [1.54, 1.807) is 4.57 Å². The molecule has 0 atom stereocenters. The van der Waals surface area contributed by atoms with Gasteiger partial charge < -0.3 is 0 Å². The Labute approximate surface area is 74.1 Å². The van der Waals surface area contributed by atoms with Crippen LogP contribution in [0.3, 0.4) is 0 Å². The summed E-state index contributed by atoms with van der Waals surface area (Å²) in [5.74, 6) is -0.212. The summed E-state index contributed by atoms with van der Waals surface area (Å²) in [5.41, 5.74) is 0.645. The van der Waals surface area contributed by atoms with Crippen molar-refractivity contribution in [2.45, 2.75) is 12.8 Å². The zero-order valence-corrected chi connectivity index (χ0v) is 6.80. The highest BCUT2D eigenvalue weighted by Gasteiger charge is 2.18. The molecule has 1 heterocycles. The number of hydrogen-bond acceptors (Lipinski definition) is 4. The minimum atomic E-state index is -0.153. The number of allylic oxidation sites excluding steroid dienone is 2. The third-order valence-electron chi connectivity index (χ3n) is 1.83. The lowest BCUT2D eigenvalue weighted by Crippen LogP contribution is -2.15. The molecule has 5 heteroatoms. The second-order valence-corrected chi connectivity index (χ2v) is 2.86. The maximum Gasteiger partial charge on any atom is 0.164 e. The summed E-state index contributed by atoms with van der Waals surface area (Å²) < 4.78 is 1.58. The lowest BCUT2D eigenvalue weighted by Gasteiger charge is -2.10. The first-order valence-electron chi connectivity index (χ1n) is 3.86. The quantitative estimate of drug-likeness (QED) is 0.568. The Balaban J connectivity index is 2.34. The number of Topliss-reactive ketones (excluding diaryl/α,β-unsaturated/α-hetero) is 1. The first-order valence-corrected chi connectivity index (χ1v) is 3.86. The van der Waals surface area contributed by atoms with Gasteiger partial charge >= 0.3 is 0 Å². The van der Waals surface area contributed by atoms with Crippen LogP contribution in [-0.2, 0) is 9.59 Å². The topological polar surface area (TPSA) is 64.8 Å². The number of nitrogens with zero attached hydrogens (tertiary/aromatic N) is 3. The van der Waals surface area contributed by atoms with Crippen LogP contribution in [0, 0.1) is 0 Å². The van der Waals surface area contributed by atoms with Gasteiger partial charge in [0.2, 0.25) is 0 Å². The van der Waals surface area contributed by atoms with Gasteiger partial charge in [-0.15, -0.1) is 10.2 Å². The second kappa shape index (κ2) is 2.93. The molecule has 0 spiro atoms. The van der Waals surface area contributed by atoms with Crippen LogP contribution in [0.25, 0.3) is 5.70 Å². The van der Waals surface area contributed by atoms with Gasteiger partial charge in [-0.3, -0.25) is 14.2 Å². The van der Waals surface area contributed by atoms with Crippen LogP contribution in [0.2, 0.25) is 0 Å². The molecule has 1 aliphatic carbocycles. The first-order chi connectivity index (χ1) is 6.25. The van der Waals surface area contributed by atoms with E-state index in [0.29, 0.717) is 5.70 Å². The van der Waals surface area contributed by atoms with E-state index in [9.17, 15) is 9.59 Å². The summed E-state index contributed by atoms with van der Waals surface area (Å²) in [7, 11) is 0. The molecular formula is C8H7N3O2. The van der Waals surface area contributed by atoms with Crippen molar-refractivity contribution in [3.05, 3.63) is 18.7 Å². The van der Waals surface area contributed by atoms with Crippen LogP contribution in [0.4, 0.5) is 0 Å². The minimum absolute atomic E-state index is 0.0195. The summed E-state index contributed by atoms with van der Waals surface area (Å²) in [6.07, 6.45) is 4.70. The van der Waals surface area contributed by atoms with Crippen LogP contribution in [0.5, 0.6) is 0 Å². The number of carbonyl (C=O) groups excluding carboxylic acids is 2. The van der Waals surface area contributed by atoms with Crippen molar-refractivity contribution in [1.29, 1.82) is 0 Å². The molecule has 2 rings (SSSR count). The fourth-order valence-corrected chi connectivity index (χ4v) is 1.26. The number of aromatic nitrogens is 3. The second-order valence-electron chi connectivity index (χ2n) is 2.86. The summed E-state index contributed by atoms with van der Waals surface area (Å²) in [6, 6.07) is 0. The summed E-state index contributed by atoms with van der Waals surface area (Å²) in [5, 5.41) is 7.19. The van der Waals surface area contributed by atoms with Gasteiger partial charge in [0.1, 0.15) is 18.4 Å². The van der Waals surface area contributed by atoms with Crippen molar-refractivity contribution in [2.24, 2.45) is 0 Å². The first kappa shape index (κ1) is 7.85. The van der Waals surface area contributed by atoms with Gasteiger partial charge in [0.25, 0.3) is 0 Å². The molecule has 1 aliphatic rings. The van der Waals surface area contributed by atoms with E-state index < -0.39 is 0 Å². The summed E-state index contributed by atoms with van der Waals surface area (Å²) in [6.45, 7) is 0. The number of rotatable bonds is 1. The predicted octanol–water partition coefficient (Wildman–Crippen LogP) is 0.0510. The van der Waals surface area contributed by atoms with Gasteiger partial charge in [-0.1, -0.05) is 0 Å². The van der Waals surface area contributed by atoms with E-state index >= 15 is 0 Å². The molecule has 0 saturated heterocycles. The molecule has 66 valence electrons. The standard InChI is InChI=1S/C8H7N3O2/c12-7-1-6(2-8(13)3-7)11-4-9-10-5-11/h1,4-5H,2-3H2. The van der Waals surface area contributed by atoms with Gasteiger partial charge in [0.15, 0.2) is 5.78 Å². The molecule has 0 unspecified atom stereocenters. The van der Waals surface area contributed by atoms with E-state index in [4.69, 9.17) is 0 Å². The highest BCUT2D eigenvalue weighted by atomic mass is 16.1. The highest BCUT2D eigenvalue weighted by Crippen LogP contribution is 2.15. The van der Waals surface area contributed by atoms with E-state index in [1.165, 1.54) is 18.7 Å². The predicted molar refractivity (Wildman–Crippen MR) is 43.5 cm³/mol. The fraction of sp³-hybridized carbons (Fsp3) is 0.250. The Morgan fingerprint density at radius 2 is 1.85 bits per heavy atom. The van der Waals surface area contributed by atoms with Crippen molar-refractivity contribution < 1.29 is 9.59 Å².